The standard InChI is InChI=1S/C28H31ClO3/c1-4-6-8-27(23-11-9-21(10-12-23)22-13-15-24(29)16-14-22)31-25-17-18-26(20(3)19-25)32-28(30)7-5-2/h9-19,27H,4-8H2,1-3H3. The van der Waals surface area contributed by atoms with E-state index in [1.54, 1.807) is 0 Å². The summed E-state index contributed by atoms with van der Waals surface area (Å²) in [7, 11) is 0. The van der Waals surface area contributed by atoms with Gasteiger partial charge in [0.05, 0.1) is 0 Å². The molecule has 3 aromatic rings. The van der Waals surface area contributed by atoms with E-state index in [1.165, 1.54) is 0 Å². The lowest BCUT2D eigenvalue weighted by Gasteiger charge is -2.21. The van der Waals surface area contributed by atoms with Crippen LogP contribution in [0.4, 0.5) is 0 Å². The number of benzene rings is 3. The Balaban J connectivity index is 1.75. The molecule has 32 heavy (non-hydrogen) atoms. The Hall–Kier alpha value is -2.78. The summed E-state index contributed by atoms with van der Waals surface area (Å²) in [4.78, 5) is 11.8. The molecule has 0 saturated carbocycles. The van der Waals surface area contributed by atoms with Crippen molar-refractivity contribution in [2.75, 3.05) is 0 Å². The molecule has 0 amide bonds. The average Bonchev–Trinajstić information content (AvgIpc) is 2.79. The summed E-state index contributed by atoms with van der Waals surface area (Å²) in [5.74, 6) is 1.17. The molecule has 0 aliphatic carbocycles. The van der Waals surface area contributed by atoms with Gasteiger partial charge in [-0.05, 0) is 78.8 Å². The van der Waals surface area contributed by atoms with Gasteiger partial charge < -0.3 is 9.47 Å². The number of hydrogen-bond donors (Lipinski definition) is 0. The van der Waals surface area contributed by atoms with Gasteiger partial charge in [-0.15, -0.1) is 0 Å². The number of carbonyl (C=O) groups is 1. The van der Waals surface area contributed by atoms with Crippen molar-refractivity contribution in [2.45, 2.75) is 59.0 Å². The average molecular weight is 451 g/mol. The van der Waals surface area contributed by atoms with Crippen molar-refractivity contribution in [3.63, 3.8) is 0 Å². The first-order valence-electron chi connectivity index (χ1n) is 11.3. The quantitative estimate of drug-likeness (QED) is 0.230. The highest BCUT2D eigenvalue weighted by Gasteiger charge is 2.15. The monoisotopic (exact) mass is 450 g/mol. The third-order valence-electron chi connectivity index (χ3n) is 5.38. The third-order valence-corrected chi connectivity index (χ3v) is 5.63. The SMILES string of the molecule is CCCCC(Oc1ccc(OC(=O)CCC)c(C)c1)c1ccc(-c2ccc(Cl)cc2)cc1. The van der Waals surface area contributed by atoms with Crippen LogP contribution >= 0.6 is 11.6 Å². The molecule has 0 aliphatic rings. The van der Waals surface area contributed by atoms with Gasteiger partial charge in [0.1, 0.15) is 17.6 Å². The Labute approximate surface area is 196 Å². The van der Waals surface area contributed by atoms with Crippen LogP contribution in [0.1, 0.15) is 63.2 Å². The van der Waals surface area contributed by atoms with Gasteiger partial charge in [0.15, 0.2) is 0 Å². The second-order valence-corrected chi connectivity index (χ2v) is 8.47. The molecule has 168 valence electrons. The normalized spacial score (nSPS) is 11.8. The minimum absolute atomic E-state index is 0.0397. The van der Waals surface area contributed by atoms with E-state index in [-0.39, 0.29) is 12.1 Å². The van der Waals surface area contributed by atoms with Crippen LogP contribution in [0.5, 0.6) is 11.5 Å². The summed E-state index contributed by atoms with van der Waals surface area (Å²) in [5.41, 5.74) is 4.32. The maximum atomic E-state index is 11.8. The lowest BCUT2D eigenvalue weighted by molar-refractivity contribution is -0.134. The fourth-order valence-electron chi connectivity index (χ4n) is 3.57. The second kappa shape index (κ2) is 11.7. The number of hydrogen-bond acceptors (Lipinski definition) is 3. The van der Waals surface area contributed by atoms with Gasteiger partial charge in [-0.25, -0.2) is 0 Å². The molecule has 0 saturated heterocycles. The van der Waals surface area contributed by atoms with Gasteiger partial charge >= 0.3 is 5.97 Å². The molecule has 1 unspecified atom stereocenters. The molecule has 4 heteroatoms. The van der Waals surface area contributed by atoms with E-state index in [4.69, 9.17) is 21.1 Å². The fraction of sp³-hybridized carbons (Fsp3) is 0.321. The largest absolute Gasteiger partial charge is 0.486 e. The van der Waals surface area contributed by atoms with Crippen molar-refractivity contribution in [3.05, 3.63) is 82.9 Å². The highest BCUT2D eigenvalue weighted by atomic mass is 35.5. The molecule has 0 N–H and O–H groups in total. The van der Waals surface area contributed by atoms with Crippen molar-refractivity contribution in [2.24, 2.45) is 0 Å². The molecule has 3 nitrogen and oxygen atoms in total. The molecular formula is C28H31ClO3. The van der Waals surface area contributed by atoms with Crippen molar-refractivity contribution in [3.8, 4) is 22.6 Å². The van der Waals surface area contributed by atoms with Crippen LogP contribution in [0.25, 0.3) is 11.1 Å². The number of carbonyl (C=O) groups excluding carboxylic acids is 1. The van der Waals surface area contributed by atoms with E-state index in [0.717, 1.165) is 58.7 Å². The molecule has 1 atom stereocenters. The Morgan fingerprint density at radius 3 is 2.16 bits per heavy atom. The molecule has 0 bridgehead atoms. The van der Waals surface area contributed by atoms with Crippen LogP contribution in [-0.4, -0.2) is 5.97 Å². The Kier molecular flexibility index (Phi) is 8.75. The van der Waals surface area contributed by atoms with E-state index < -0.39 is 0 Å². The van der Waals surface area contributed by atoms with Crippen molar-refractivity contribution >= 4 is 17.6 Å². The first-order chi connectivity index (χ1) is 15.5. The predicted molar refractivity (Wildman–Crippen MR) is 132 cm³/mol. The smallest absolute Gasteiger partial charge is 0.311 e. The van der Waals surface area contributed by atoms with Crippen LogP contribution in [-0.2, 0) is 4.79 Å². The van der Waals surface area contributed by atoms with Crippen LogP contribution in [0.15, 0.2) is 66.7 Å². The maximum absolute atomic E-state index is 11.8. The summed E-state index contributed by atoms with van der Waals surface area (Å²) in [6.07, 6.45) is 4.27. The van der Waals surface area contributed by atoms with Gasteiger partial charge in [0.25, 0.3) is 0 Å². The number of rotatable bonds is 10. The lowest BCUT2D eigenvalue weighted by Crippen LogP contribution is -2.09. The van der Waals surface area contributed by atoms with Gasteiger partial charge in [-0.3, -0.25) is 4.79 Å². The lowest BCUT2D eigenvalue weighted by atomic mass is 9.99. The molecular weight excluding hydrogens is 420 g/mol. The van der Waals surface area contributed by atoms with E-state index in [2.05, 4.69) is 31.2 Å². The van der Waals surface area contributed by atoms with Gasteiger partial charge in [-0.1, -0.05) is 68.3 Å². The van der Waals surface area contributed by atoms with Gasteiger partial charge in [0.2, 0.25) is 0 Å². The zero-order valence-corrected chi connectivity index (χ0v) is 19.8. The summed E-state index contributed by atoms with van der Waals surface area (Å²) in [5, 5.41) is 0.736. The van der Waals surface area contributed by atoms with Crippen LogP contribution < -0.4 is 9.47 Å². The molecule has 0 spiro atoms. The first kappa shape index (κ1) is 23.9. The molecule has 0 heterocycles. The second-order valence-electron chi connectivity index (χ2n) is 8.03. The molecule has 0 aliphatic heterocycles. The molecule has 0 radical (unpaired) electrons. The van der Waals surface area contributed by atoms with Crippen LogP contribution in [0.3, 0.4) is 0 Å². The maximum Gasteiger partial charge on any atom is 0.311 e. The number of unbranched alkanes of at least 4 members (excludes halogenated alkanes) is 1. The number of esters is 1. The highest BCUT2D eigenvalue weighted by molar-refractivity contribution is 6.30. The van der Waals surface area contributed by atoms with E-state index >= 15 is 0 Å². The fourth-order valence-corrected chi connectivity index (χ4v) is 3.69. The third kappa shape index (κ3) is 6.61. The molecule has 3 rings (SSSR count). The molecule has 0 fully saturated rings. The van der Waals surface area contributed by atoms with Crippen molar-refractivity contribution in [1.29, 1.82) is 0 Å². The van der Waals surface area contributed by atoms with Crippen LogP contribution in [0.2, 0.25) is 5.02 Å². The minimum Gasteiger partial charge on any atom is -0.486 e. The highest BCUT2D eigenvalue weighted by Crippen LogP contribution is 2.31. The van der Waals surface area contributed by atoms with E-state index in [1.807, 2.05) is 56.3 Å². The predicted octanol–water partition coefficient (Wildman–Crippen LogP) is 8.33. The first-order valence-corrected chi connectivity index (χ1v) is 11.7. The Morgan fingerprint density at radius 2 is 1.56 bits per heavy atom. The zero-order chi connectivity index (χ0) is 22.9. The number of aryl methyl sites for hydroxylation is 1. The molecule has 3 aromatic carbocycles. The molecule has 0 aromatic heterocycles. The van der Waals surface area contributed by atoms with E-state index in [0.29, 0.717) is 12.2 Å². The number of ether oxygens (including phenoxy) is 2. The van der Waals surface area contributed by atoms with E-state index in [9.17, 15) is 4.79 Å². The van der Waals surface area contributed by atoms with Gasteiger partial charge in [-0.2, -0.15) is 0 Å². The summed E-state index contributed by atoms with van der Waals surface area (Å²) in [6.45, 7) is 6.08. The Morgan fingerprint density at radius 1 is 0.906 bits per heavy atom. The minimum atomic E-state index is -0.203. The summed E-state index contributed by atoms with van der Waals surface area (Å²) in [6, 6.07) is 22.0. The summed E-state index contributed by atoms with van der Waals surface area (Å²) < 4.78 is 11.8. The van der Waals surface area contributed by atoms with Crippen LogP contribution in [0, 0.1) is 6.92 Å². The number of halogens is 1. The van der Waals surface area contributed by atoms with Crippen molar-refractivity contribution < 1.29 is 14.3 Å². The summed E-state index contributed by atoms with van der Waals surface area (Å²) >= 11 is 6.01. The van der Waals surface area contributed by atoms with Crippen molar-refractivity contribution in [1.82, 2.24) is 0 Å². The topological polar surface area (TPSA) is 35.5 Å². The van der Waals surface area contributed by atoms with Gasteiger partial charge in [0, 0.05) is 11.4 Å². The zero-order valence-electron chi connectivity index (χ0n) is 19.1. The Bertz CT molecular complexity index is 1010.